The lowest BCUT2D eigenvalue weighted by Crippen LogP contribution is -2.33. The summed E-state index contributed by atoms with van der Waals surface area (Å²) >= 11 is 11.7. The second-order valence-electron chi connectivity index (χ2n) is 5.04. The van der Waals surface area contributed by atoms with Crippen LogP contribution in [0.25, 0.3) is 0 Å². The molecule has 1 amide bonds. The molecule has 0 aliphatic rings. The van der Waals surface area contributed by atoms with Crippen molar-refractivity contribution in [1.29, 1.82) is 0 Å². The van der Waals surface area contributed by atoms with Gasteiger partial charge in [0.05, 0.1) is 11.2 Å². The molecular weight excluding hydrogens is 354 g/mol. The van der Waals surface area contributed by atoms with E-state index in [4.69, 9.17) is 27.9 Å². The normalized spacial score (nSPS) is 12.2. The Kier molecular flexibility index (Phi) is 6.17. The lowest BCUT2D eigenvalue weighted by atomic mass is 10.2. The van der Waals surface area contributed by atoms with Crippen LogP contribution < -0.4 is 10.2 Å². The fraction of sp³-hybridized carbons (Fsp3) is 0.176. The predicted molar refractivity (Wildman–Crippen MR) is 93.4 cm³/mol. The number of aryl methyl sites for hydroxylation is 1. The van der Waals surface area contributed by atoms with E-state index in [-0.39, 0.29) is 10.6 Å². The van der Waals surface area contributed by atoms with Crippen molar-refractivity contribution in [3.05, 3.63) is 63.4 Å². The molecule has 7 heteroatoms. The number of carbonyl (C=O) groups excluding carboxylic acids is 1. The lowest BCUT2D eigenvalue weighted by molar-refractivity contribution is -0.127. The SMILES string of the molecule is Cc1cc(Cl)ccc1OC(C)C(=O)NN=Cc1c(F)cccc1Cl. The summed E-state index contributed by atoms with van der Waals surface area (Å²) in [6.07, 6.45) is 0.355. The number of carbonyl (C=O) groups is 1. The summed E-state index contributed by atoms with van der Waals surface area (Å²) in [5.41, 5.74) is 3.20. The molecule has 24 heavy (non-hydrogen) atoms. The number of hydrogen-bond donors (Lipinski definition) is 1. The van der Waals surface area contributed by atoms with Gasteiger partial charge in [-0.15, -0.1) is 0 Å². The third-order valence-corrected chi connectivity index (χ3v) is 3.74. The van der Waals surface area contributed by atoms with Crippen LogP contribution in [0.3, 0.4) is 0 Å². The third-order valence-electron chi connectivity index (χ3n) is 3.18. The highest BCUT2D eigenvalue weighted by Crippen LogP contribution is 2.22. The molecule has 0 radical (unpaired) electrons. The van der Waals surface area contributed by atoms with Crippen LogP contribution in [0.2, 0.25) is 10.0 Å². The molecule has 0 heterocycles. The van der Waals surface area contributed by atoms with Gasteiger partial charge in [0.25, 0.3) is 5.91 Å². The number of rotatable bonds is 5. The third kappa shape index (κ3) is 4.69. The number of hydrogen-bond acceptors (Lipinski definition) is 3. The van der Waals surface area contributed by atoms with E-state index in [1.54, 1.807) is 25.1 Å². The summed E-state index contributed by atoms with van der Waals surface area (Å²) in [7, 11) is 0. The summed E-state index contributed by atoms with van der Waals surface area (Å²) < 4.78 is 19.1. The number of nitrogens with one attached hydrogen (secondary N) is 1. The predicted octanol–water partition coefficient (Wildman–Crippen LogP) is 4.36. The van der Waals surface area contributed by atoms with Gasteiger partial charge in [0.2, 0.25) is 0 Å². The van der Waals surface area contributed by atoms with Crippen LogP contribution in [0, 0.1) is 12.7 Å². The first kappa shape index (κ1) is 18.2. The van der Waals surface area contributed by atoms with Crippen molar-refractivity contribution in [2.24, 2.45) is 5.10 Å². The molecule has 0 aromatic heterocycles. The van der Waals surface area contributed by atoms with Gasteiger partial charge < -0.3 is 4.74 Å². The standard InChI is InChI=1S/C17H15Cl2FN2O2/c1-10-8-12(18)6-7-16(10)24-11(2)17(23)22-21-9-13-14(19)4-3-5-15(13)20/h3-9,11H,1-2H3,(H,22,23). The van der Waals surface area contributed by atoms with Gasteiger partial charge in [0, 0.05) is 10.6 Å². The topological polar surface area (TPSA) is 50.7 Å². The summed E-state index contributed by atoms with van der Waals surface area (Å²) in [5.74, 6) is -0.460. The average molecular weight is 369 g/mol. The minimum absolute atomic E-state index is 0.0987. The quantitative estimate of drug-likeness (QED) is 0.629. The molecule has 1 N–H and O–H groups in total. The molecule has 0 saturated heterocycles. The van der Waals surface area contributed by atoms with E-state index in [2.05, 4.69) is 10.5 Å². The molecule has 126 valence electrons. The van der Waals surface area contributed by atoms with Gasteiger partial charge in [0.1, 0.15) is 11.6 Å². The van der Waals surface area contributed by atoms with Crippen molar-refractivity contribution in [3.8, 4) is 5.75 Å². The molecular formula is C17H15Cl2FN2O2. The summed E-state index contributed by atoms with van der Waals surface area (Å²) in [6.45, 7) is 3.40. The van der Waals surface area contributed by atoms with E-state index in [0.717, 1.165) is 11.8 Å². The molecule has 0 fully saturated rings. The molecule has 2 rings (SSSR count). The van der Waals surface area contributed by atoms with Gasteiger partial charge in [-0.05, 0) is 49.7 Å². The average Bonchev–Trinajstić information content (AvgIpc) is 2.52. The highest BCUT2D eigenvalue weighted by Gasteiger charge is 2.15. The number of halogens is 3. The largest absolute Gasteiger partial charge is 0.481 e. The fourth-order valence-corrected chi connectivity index (χ4v) is 2.31. The maximum atomic E-state index is 13.6. The molecule has 1 atom stereocenters. The Hall–Kier alpha value is -2.11. The van der Waals surface area contributed by atoms with Crippen molar-refractivity contribution in [2.45, 2.75) is 20.0 Å². The Morgan fingerprint density at radius 1 is 1.33 bits per heavy atom. The smallest absolute Gasteiger partial charge is 0.280 e. The van der Waals surface area contributed by atoms with E-state index in [0.29, 0.717) is 10.8 Å². The fourth-order valence-electron chi connectivity index (χ4n) is 1.87. The van der Waals surface area contributed by atoms with Crippen LogP contribution in [-0.4, -0.2) is 18.2 Å². The lowest BCUT2D eigenvalue weighted by Gasteiger charge is -2.14. The van der Waals surface area contributed by atoms with Crippen LogP contribution in [0.15, 0.2) is 41.5 Å². The first-order chi connectivity index (χ1) is 11.4. The maximum Gasteiger partial charge on any atom is 0.280 e. The maximum absolute atomic E-state index is 13.6. The van der Waals surface area contributed by atoms with E-state index >= 15 is 0 Å². The Labute approximate surface area is 149 Å². The Balaban J connectivity index is 1.98. The van der Waals surface area contributed by atoms with Crippen molar-refractivity contribution < 1.29 is 13.9 Å². The molecule has 2 aromatic carbocycles. The Morgan fingerprint density at radius 3 is 2.75 bits per heavy atom. The van der Waals surface area contributed by atoms with Crippen LogP contribution in [0.4, 0.5) is 4.39 Å². The van der Waals surface area contributed by atoms with Gasteiger partial charge in [-0.3, -0.25) is 4.79 Å². The van der Waals surface area contributed by atoms with E-state index < -0.39 is 17.8 Å². The highest BCUT2D eigenvalue weighted by molar-refractivity contribution is 6.33. The zero-order valence-electron chi connectivity index (χ0n) is 13.0. The summed E-state index contributed by atoms with van der Waals surface area (Å²) in [4.78, 5) is 12.0. The number of benzene rings is 2. The second-order valence-corrected chi connectivity index (χ2v) is 5.88. The van der Waals surface area contributed by atoms with Gasteiger partial charge in [0.15, 0.2) is 6.10 Å². The van der Waals surface area contributed by atoms with E-state index in [1.807, 2.05) is 6.92 Å². The Morgan fingerprint density at radius 2 is 2.08 bits per heavy atom. The van der Waals surface area contributed by atoms with Gasteiger partial charge in [-0.1, -0.05) is 29.3 Å². The highest BCUT2D eigenvalue weighted by atomic mass is 35.5. The van der Waals surface area contributed by atoms with Crippen LogP contribution in [0.1, 0.15) is 18.1 Å². The summed E-state index contributed by atoms with van der Waals surface area (Å²) in [6, 6.07) is 9.36. The number of nitrogens with zero attached hydrogens (tertiary/aromatic N) is 1. The van der Waals surface area contributed by atoms with Crippen molar-refractivity contribution in [2.75, 3.05) is 0 Å². The number of hydrazone groups is 1. The van der Waals surface area contributed by atoms with Crippen LogP contribution in [0.5, 0.6) is 5.75 Å². The molecule has 4 nitrogen and oxygen atoms in total. The molecule has 1 unspecified atom stereocenters. The monoisotopic (exact) mass is 368 g/mol. The van der Waals surface area contributed by atoms with Crippen molar-refractivity contribution in [1.82, 2.24) is 5.43 Å². The zero-order valence-corrected chi connectivity index (χ0v) is 14.5. The minimum Gasteiger partial charge on any atom is -0.481 e. The van der Waals surface area contributed by atoms with E-state index in [9.17, 15) is 9.18 Å². The number of ether oxygens (including phenoxy) is 1. The number of amides is 1. The van der Waals surface area contributed by atoms with Crippen LogP contribution >= 0.6 is 23.2 Å². The molecule has 2 aromatic rings. The molecule has 0 spiro atoms. The second kappa shape index (κ2) is 8.13. The first-order valence-electron chi connectivity index (χ1n) is 7.08. The van der Waals surface area contributed by atoms with E-state index in [1.165, 1.54) is 18.2 Å². The molecule has 0 saturated carbocycles. The van der Waals surface area contributed by atoms with Crippen molar-refractivity contribution >= 4 is 35.3 Å². The Bertz CT molecular complexity index is 761. The zero-order chi connectivity index (χ0) is 17.7. The van der Waals surface area contributed by atoms with Gasteiger partial charge >= 0.3 is 0 Å². The minimum atomic E-state index is -0.793. The molecule has 0 bridgehead atoms. The summed E-state index contributed by atoms with van der Waals surface area (Å²) in [5, 5.41) is 4.50. The van der Waals surface area contributed by atoms with Gasteiger partial charge in [-0.2, -0.15) is 5.10 Å². The molecule has 0 aliphatic heterocycles. The van der Waals surface area contributed by atoms with Crippen LogP contribution in [-0.2, 0) is 4.79 Å². The molecule has 0 aliphatic carbocycles. The van der Waals surface area contributed by atoms with Crippen molar-refractivity contribution in [3.63, 3.8) is 0 Å². The van der Waals surface area contributed by atoms with Gasteiger partial charge in [-0.25, -0.2) is 9.82 Å². The first-order valence-corrected chi connectivity index (χ1v) is 7.84.